The molecular weight excluding hydrogens is 332 g/mol. The Bertz CT molecular complexity index is 592. The van der Waals surface area contributed by atoms with E-state index >= 15 is 0 Å². The van der Waals surface area contributed by atoms with E-state index in [0.717, 1.165) is 44.1 Å². The maximum Gasteiger partial charge on any atom is 0.166 e. The number of carbonyl (C=O) groups is 1. The number of carbonyl (C=O) groups excluding carboxylic acids is 1. The first-order valence-corrected chi connectivity index (χ1v) is 10.9. The van der Waals surface area contributed by atoms with Crippen LogP contribution in [0.4, 0.5) is 0 Å². The fraction of sp³-hybridized carbons (Fsp3) is 0.640. The zero-order chi connectivity index (χ0) is 19.7. The van der Waals surface area contributed by atoms with E-state index in [-0.39, 0.29) is 11.5 Å². The summed E-state index contributed by atoms with van der Waals surface area (Å²) in [7, 11) is 0. The van der Waals surface area contributed by atoms with Crippen LogP contribution in [0.1, 0.15) is 113 Å². The fourth-order valence-electron chi connectivity index (χ4n) is 3.22. The molecule has 1 N–H and O–H groups in total. The van der Waals surface area contributed by atoms with Crippen molar-refractivity contribution >= 4 is 5.78 Å². The summed E-state index contributed by atoms with van der Waals surface area (Å²) in [5.41, 5.74) is 1.23. The highest BCUT2D eigenvalue weighted by Gasteiger charge is 2.11. The molecule has 0 aliphatic carbocycles. The standard InChI is InChI=1S/C25H38O2/c1-3-4-5-6-7-8-9-10-11-12-13-14-15-16-17-21-24(26)23-20-18-19-22(2)25(23)27/h18-20,27H,3-9,12-17,21H2,1-2H3. The second kappa shape index (κ2) is 15.3. The first-order valence-electron chi connectivity index (χ1n) is 10.9. The molecule has 0 saturated carbocycles. The third-order valence-corrected chi connectivity index (χ3v) is 5.02. The topological polar surface area (TPSA) is 37.3 Å². The molecule has 0 heterocycles. The molecule has 0 unspecified atom stereocenters. The van der Waals surface area contributed by atoms with Gasteiger partial charge in [0.15, 0.2) is 5.78 Å². The van der Waals surface area contributed by atoms with Crippen molar-refractivity contribution in [3.05, 3.63) is 29.3 Å². The van der Waals surface area contributed by atoms with Crippen molar-refractivity contribution in [1.82, 2.24) is 0 Å². The molecule has 1 aromatic rings. The van der Waals surface area contributed by atoms with Crippen molar-refractivity contribution in [1.29, 1.82) is 0 Å². The van der Waals surface area contributed by atoms with Gasteiger partial charge in [0.05, 0.1) is 5.56 Å². The summed E-state index contributed by atoms with van der Waals surface area (Å²) in [6, 6.07) is 5.37. The quantitative estimate of drug-likeness (QED) is 0.211. The lowest BCUT2D eigenvalue weighted by molar-refractivity contribution is 0.0976. The van der Waals surface area contributed by atoms with Gasteiger partial charge in [-0.25, -0.2) is 0 Å². The summed E-state index contributed by atoms with van der Waals surface area (Å²) in [6.07, 6.45) is 16.1. The minimum absolute atomic E-state index is 0.0526. The van der Waals surface area contributed by atoms with E-state index in [4.69, 9.17) is 0 Å². The maximum atomic E-state index is 12.2. The Balaban J connectivity index is 1.97. The molecule has 150 valence electrons. The van der Waals surface area contributed by atoms with Gasteiger partial charge in [-0.2, -0.15) is 0 Å². The Hall–Kier alpha value is -1.75. The summed E-state index contributed by atoms with van der Waals surface area (Å²) < 4.78 is 0. The van der Waals surface area contributed by atoms with Crippen molar-refractivity contribution in [3.8, 4) is 17.6 Å². The number of Topliss-reactive ketones (excluding diaryl/α,β-unsaturated/α-hetero) is 1. The van der Waals surface area contributed by atoms with Crippen LogP contribution in [0, 0.1) is 18.8 Å². The molecule has 0 radical (unpaired) electrons. The van der Waals surface area contributed by atoms with Crippen LogP contribution in [-0.2, 0) is 0 Å². The average Bonchev–Trinajstić information content (AvgIpc) is 2.67. The van der Waals surface area contributed by atoms with Crippen LogP contribution < -0.4 is 0 Å². The summed E-state index contributed by atoms with van der Waals surface area (Å²) in [5.74, 6) is 6.79. The SMILES string of the molecule is CCCCCCCCC#CCCCCCCCC(=O)c1cccc(C)c1O. The van der Waals surface area contributed by atoms with Crippen molar-refractivity contribution in [2.45, 2.75) is 104 Å². The van der Waals surface area contributed by atoms with Crippen LogP contribution in [-0.4, -0.2) is 10.9 Å². The minimum Gasteiger partial charge on any atom is -0.507 e. The first-order chi connectivity index (χ1) is 13.2. The van der Waals surface area contributed by atoms with E-state index in [0.29, 0.717) is 12.0 Å². The lowest BCUT2D eigenvalue weighted by Crippen LogP contribution is -2.00. The molecular formula is C25H38O2. The molecule has 0 fully saturated rings. The molecule has 1 aromatic carbocycles. The summed E-state index contributed by atoms with van der Waals surface area (Å²) in [4.78, 5) is 12.2. The Morgan fingerprint density at radius 2 is 1.41 bits per heavy atom. The van der Waals surface area contributed by atoms with Gasteiger partial charge in [0, 0.05) is 19.3 Å². The molecule has 1 rings (SSSR count). The van der Waals surface area contributed by atoms with Gasteiger partial charge in [0.1, 0.15) is 5.75 Å². The van der Waals surface area contributed by atoms with Crippen LogP contribution in [0.2, 0.25) is 0 Å². The van der Waals surface area contributed by atoms with E-state index in [1.807, 2.05) is 19.1 Å². The van der Waals surface area contributed by atoms with Crippen molar-refractivity contribution < 1.29 is 9.90 Å². The van der Waals surface area contributed by atoms with Crippen LogP contribution in [0.25, 0.3) is 0 Å². The number of ketones is 1. The molecule has 27 heavy (non-hydrogen) atoms. The molecule has 0 atom stereocenters. The van der Waals surface area contributed by atoms with Crippen LogP contribution >= 0.6 is 0 Å². The lowest BCUT2D eigenvalue weighted by atomic mass is 10.0. The van der Waals surface area contributed by atoms with Crippen molar-refractivity contribution in [2.24, 2.45) is 0 Å². The lowest BCUT2D eigenvalue weighted by Gasteiger charge is -2.06. The smallest absolute Gasteiger partial charge is 0.166 e. The van der Waals surface area contributed by atoms with Gasteiger partial charge in [0.2, 0.25) is 0 Å². The summed E-state index contributed by atoms with van der Waals surface area (Å²) in [5, 5.41) is 9.96. The molecule has 0 aliphatic rings. The van der Waals surface area contributed by atoms with Crippen molar-refractivity contribution in [2.75, 3.05) is 0 Å². The van der Waals surface area contributed by atoms with Crippen LogP contribution in [0.3, 0.4) is 0 Å². The number of aromatic hydroxyl groups is 1. The number of para-hydroxylation sites is 1. The number of hydrogen-bond acceptors (Lipinski definition) is 2. The number of benzene rings is 1. The van der Waals surface area contributed by atoms with Gasteiger partial charge in [-0.3, -0.25) is 4.79 Å². The number of hydrogen-bond donors (Lipinski definition) is 1. The highest BCUT2D eigenvalue weighted by atomic mass is 16.3. The van der Waals surface area contributed by atoms with Gasteiger partial charge in [0.25, 0.3) is 0 Å². The zero-order valence-corrected chi connectivity index (χ0v) is 17.5. The van der Waals surface area contributed by atoms with E-state index < -0.39 is 0 Å². The Morgan fingerprint density at radius 3 is 2.04 bits per heavy atom. The Kier molecular flexibility index (Phi) is 13.2. The molecule has 2 nitrogen and oxygen atoms in total. The molecule has 0 saturated heterocycles. The van der Waals surface area contributed by atoms with Gasteiger partial charge in [-0.15, -0.1) is 11.8 Å². The second-order valence-electron chi connectivity index (χ2n) is 7.53. The van der Waals surface area contributed by atoms with Gasteiger partial charge >= 0.3 is 0 Å². The maximum absolute atomic E-state index is 12.2. The number of aryl methyl sites for hydroxylation is 1. The highest BCUT2D eigenvalue weighted by Crippen LogP contribution is 2.23. The number of rotatable bonds is 14. The van der Waals surface area contributed by atoms with Crippen LogP contribution in [0.15, 0.2) is 18.2 Å². The molecule has 0 aromatic heterocycles. The molecule has 0 amide bonds. The largest absolute Gasteiger partial charge is 0.507 e. The average molecular weight is 371 g/mol. The predicted molar refractivity (Wildman–Crippen MR) is 115 cm³/mol. The monoisotopic (exact) mass is 370 g/mol. The van der Waals surface area contributed by atoms with E-state index in [1.54, 1.807) is 6.07 Å². The predicted octanol–water partition coefficient (Wildman–Crippen LogP) is 7.37. The molecule has 0 bridgehead atoms. The van der Waals surface area contributed by atoms with Gasteiger partial charge < -0.3 is 5.11 Å². The Labute approximate surface area is 166 Å². The normalized spacial score (nSPS) is 10.4. The van der Waals surface area contributed by atoms with Gasteiger partial charge in [-0.05, 0) is 37.8 Å². The third-order valence-electron chi connectivity index (χ3n) is 5.02. The first kappa shape index (κ1) is 23.3. The van der Waals surface area contributed by atoms with Gasteiger partial charge in [-0.1, -0.05) is 70.4 Å². The molecule has 0 aliphatic heterocycles. The summed E-state index contributed by atoms with van der Waals surface area (Å²) in [6.45, 7) is 4.07. The number of phenolic OH excluding ortho intramolecular Hbond substituents is 1. The van der Waals surface area contributed by atoms with E-state index in [1.165, 1.54) is 44.9 Å². The van der Waals surface area contributed by atoms with Crippen molar-refractivity contribution in [3.63, 3.8) is 0 Å². The zero-order valence-electron chi connectivity index (χ0n) is 17.5. The summed E-state index contributed by atoms with van der Waals surface area (Å²) >= 11 is 0. The highest BCUT2D eigenvalue weighted by molar-refractivity contribution is 5.98. The second-order valence-corrected chi connectivity index (χ2v) is 7.53. The minimum atomic E-state index is 0.0526. The Morgan fingerprint density at radius 1 is 0.852 bits per heavy atom. The number of phenols is 1. The van der Waals surface area contributed by atoms with E-state index in [2.05, 4.69) is 18.8 Å². The third kappa shape index (κ3) is 10.9. The van der Waals surface area contributed by atoms with Crippen LogP contribution in [0.5, 0.6) is 5.75 Å². The molecule has 0 spiro atoms. The van der Waals surface area contributed by atoms with E-state index in [9.17, 15) is 9.90 Å². The number of unbranched alkanes of at least 4 members (excludes halogenated alkanes) is 11. The fourth-order valence-corrected chi connectivity index (χ4v) is 3.22. The molecule has 2 heteroatoms.